The number of aromatic nitrogens is 2. The monoisotopic (exact) mass is 487 g/mol. The standard InChI is InChI=1S/C22H15ClFN3O3S2/c23-17-8-10-19(11-9-17)32(29,30)13-14-4-6-15(7-5-14)21-26-27-22(31-21)25-20(28)16-2-1-3-18(24)12-16/h1-12H,13H2,(H,25,27,28). The van der Waals surface area contributed by atoms with E-state index in [2.05, 4.69) is 15.5 Å². The van der Waals surface area contributed by atoms with Crippen LogP contribution in [-0.2, 0) is 15.6 Å². The zero-order chi connectivity index (χ0) is 22.7. The van der Waals surface area contributed by atoms with Gasteiger partial charge >= 0.3 is 0 Å². The third-order valence-corrected chi connectivity index (χ3v) is 7.31. The third kappa shape index (κ3) is 5.18. The number of hydrogen-bond acceptors (Lipinski definition) is 6. The van der Waals surface area contributed by atoms with Crippen molar-refractivity contribution in [1.29, 1.82) is 0 Å². The number of anilines is 1. The molecule has 0 atom stereocenters. The minimum absolute atomic E-state index is 0.153. The Morgan fingerprint density at radius 2 is 1.72 bits per heavy atom. The summed E-state index contributed by atoms with van der Waals surface area (Å²) in [6.07, 6.45) is 0. The van der Waals surface area contributed by atoms with Crippen LogP contribution in [0.1, 0.15) is 15.9 Å². The van der Waals surface area contributed by atoms with E-state index in [1.165, 1.54) is 42.5 Å². The van der Waals surface area contributed by atoms with Gasteiger partial charge in [-0.1, -0.05) is 53.3 Å². The van der Waals surface area contributed by atoms with Gasteiger partial charge in [0, 0.05) is 16.1 Å². The van der Waals surface area contributed by atoms with Gasteiger partial charge in [-0.15, -0.1) is 10.2 Å². The number of nitrogens with zero attached hydrogens (tertiary/aromatic N) is 2. The molecule has 0 aliphatic rings. The molecule has 1 amide bonds. The fourth-order valence-electron chi connectivity index (χ4n) is 2.88. The molecule has 0 aliphatic carbocycles. The summed E-state index contributed by atoms with van der Waals surface area (Å²) in [5.41, 5.74) is 1.52. The summed E-state index contributed by atoms with van der Waals surface area (Å²) in [5.74, 6) is -1.15. The zero-order valence-corrected chi connectivity index (χ0v) is 18.7. The molecule has 0 spiro atoms. The average Bonchev–Trinajstić information content (AvgIpc) is 3.23. The lowest BCUT2D eigenvalue weighted by molar-refractivity contribution is 0.102. The predicted molar refractivity (Wildman–Crippen MR) is 122 cm³/mol. The largest absolute Gasteiger partial charge is 0.296 e. The van der Waals surface area contributed by atoms with Crippen LogP contribution in [0.4, 0.5) is 9.52 Å². The van der Waals surface area contributed by atoms with E-state index >= 15 is 0 Å². The molecule has 3 aromatic carbocycles. The molecule has 1 N–H and O–H groups in total. The normalized spacial score (nSPS) is 11.3. The first kappa shape index (κ1) is 22.1. The Kier molecular flexibility index (Phi) is 6.31. The summed E-state index contributed by atoms with van der Waals surface area (Å²) < 4.78 is 38.5. The first-order valence-electron chi connectivity index (χ1n) is 9.28. The Morgan fingerprint density at radius 3 is 2.41 bits per heavy atom. The summed E-state index contributed by atoms with van der Waals surface area (Å²) in [7, 11) is -3.50. The SMILES string of the molecule is O=C(Nc1nnc(-c2ccc(CS(=O)(=O)c3ccc(Cl)cc3)cc2)s1)c1cccc(F)c1. The molecule has 0 saturated carbocycles. The Labute approximate surface area is 192 Å². The lowest BCUT2D eigenvalue weighted by Gasteiger charge is -2.05. The van der Waals surface area contributed by atoms with Crippen LogP contribution in [0.15, 0.2) is 77.7 Å². The van der Waals surface area contributed by atoms with Crippen molar-refractivity contribution in [3.63, 3.8) is 0 Å². The van der Waals surface area contributed by atoms with Crippen LogP contribution in [0.2, 0.25) is 5.02 Å². The highest BCUT2D eigenvalue weighted by atomic mass is 35.5. The first-order valence-corrected chi connectivity index (χ1v) is 12.1. The van der Waals surface area contributed by atoms with Gasteiger partial charge in [0.2, 0.25) is 5.13 Å². The molecule has 1 aromatic heterocycles. The molecule has 4 aromatic rings. The summed E-state index contributed by atoms with van der Waals surface area (Å²) in [6.45, 7) is 0. The summed E-state index contributed by atoms with van der Waals surface area (Å²) >= 11 is 6.97. The quantitative estimate of drug-likeness (QED) is 0.402. The van der Waals surface area contributed by atoms with Crippen LogP contribution in [-0.4, -0.2) is 24.5 Å². The number of rotatable bonds is 6. The Morgan fingerprint density at radius 1 is 1.00 bits per heavy atom. The molecule has 0 aliphatic heterocycles. The molecule has 32 heavy (non-hydrogen) atoms. The van der Waals surface area contributed by atoms with Gasteiger partial charge in [0.15, 0.2) is 9.84 Å². The molecule has 10 heteroatoms. The zero-order valence-electron chi connectivity index (χ0n) is 16.3. The summed E-state index contributed by atoms with van der Waals surface area (Å²) in [4.78, 5) is 12.4. The van der Waals surface area contributed by atoms with Gasteiger partial charge in [0.05, 0.1) is 10.6 Å². The lowest BCUT2D eigenvalue weighted by atomic mass is 10.2. The second kappa shape index (κ2) is 9.15. The van der Waals surface area contributed by atoms with Crippen LogP contribution in [0.5, 0.6) is 0 Å². The van der Waals surface area contributed by atoms with Crippen molar-refractivity contribution in [2.45, 2.75) is 10.6 Å². The number of carbonyl (C=O) groups is 1. The second-order valence-corrected chi connectivity index (χ2v) is 10.2. The molecule has 0 unspecified atom stereocenters. The maximum Gasteiger partial charge on any atom is 0.257 e. The smallest absolute Gasteiger partial charge is 0.257 e. The van der Waals surface area contributed by atoms with Crippen molar-refractivity contribution < 1.29 is 17.6 Å². The third-order valence-electron chi connectivity index (χ3n) is 4.46. The highest BCUT2D eigenvalue weighted by molar-refractivity contribution is 7.90. The molecule has 0 radical (unpaired) electrons. The van der Waals surface area contributed by atoms with E-state index in [4.69, 9.17) is 11.6 Å². The predicted octanol–water partition coefficient (Wildman–Crippen LogP) is 5.22. The molecule has 0 fully saturated rings. The van der Waals surface area contributed by atoms with E-state index in [0.717, 1.165) is 23.0 Å². The summed E-state index contributed by atoms with van der Waals surface area (Å²) in [6, 6.07) is 18.3. The summed E-state index contributed by atoms with van der Waals surface area (Å²) in [5, 5.41) is 11.9. The molecular formula is C22H15ClFN3O3S2. The van der Waals surface area contributed by atoms with Crippen LogP contribution in [0.3, 0.4) is 0 Å². The van der Waals surface area contributed by atoms with E-state index in [0.29, 0.717) is 15.6 Å². The van der Waals surface area contributed by atoms with Crippen LogP contribution in [0.25, 0.3) is 10.6 Å². The highest BCUT2D eigenvalue weighted by Gasteiger charge is 2.16. The fourth-order valence-corrected chi connectivity index (χ4v) is 5.10. The van der Waals surface area contributed by atoms with Crippen LogP contribution in [0, 0.1) is 5.82 Å². The minimum Gasteiger partial charge on any atom is -0.296 e. The van der Waals surface area contributed by atoms with Crippen molar-refractivity contribution in [3.05, 3.63) is 94.8 Å². The number of carbonyl (C=O) groups excluding carboxylic acids is 1. The van der Waals surface area contributed by atoms with E-state index in [-0.39, 0.29) is 21.3 Å². The Balaban J connectivity index is 1.45. The Hall–Kier alpha value is -3.14. The molecule has 1 heterocycles. The number of nitrogens with one attached hydrogen (secondary N) is 1. The molecule has 6 nitrogen and oxygen atoms in total. The van der Waals surface area contributed by atoms with E-state index in [1.807, 2.05) is 0 Å². The van der Waals surface area contributed by atoms with Gasteiger partial charge in [0.1, 0.15) is 10.8 Å². The second-order valence-electron chi connectivity index (χ2n) is 6.79. The minimum atomic E-state index is -3.50. The van der Waals surface area contributed by atoms with Gasteiger partial charge in [0.25, 0.3) is 5.91 Å². The van der Waals surface area contributed by atoms with Gasteiger partial charge in [-0.25, -0.2) is 12.8 Å². The van der Waals surface area contributed by atoms with Crippen molar-refractivity contribution in [2.75, 3.05) is 5.32 Å². The number of halogens is 2. The molecule has 0 saturated heterocycles. The Bertz CT molecular complexity index is 1370. The van der Waals surface area contributed by atoms with Crippen LogP contribution < -0.4 is 5.32 Å². The van der Waals surface area contributed by atoms with Crippen molar-refractivity contribution in [2.24, 2.45) is 0 Å². The average molecular weight is 488 g/mol. The maximum absolute atomic E-state index is 13.3. The van der Waals surface area contributed by atoms with Gasteiger partial charge in [-0.2, -0.15) is 0 Å². The van der Waals surface area contributed by atoms with E-state index in [9.17, 15) is 17.6 Å². The highest BCUT2D eigenvalue weighted by Crippen LogP contribution is 2.28. The van der Waals surface area contributed by atoms with Crippen molar-refractivity contribution in [3.8, 4) is 10.6 Å². The van der Waals surface area contributed by atoms with Crippen molar-refractivity contribution >= 4 is 43.8 Å². The number of benzene rings is 3. The topological polar surface area (TPSA) is 89.0 Å². The van der Waals surface area contributed by atoms with E-state index in [1.54, 1.807) is 24.3 Å². The number of sulfone groups is 1. The number of hydrogen-bond donors (Lipinski definition) is 1. The molecule has 0 bridgehead atoms. The molecule has 162 valence electrons. The van der Waals surface area contributed by atoms with Gasteiger partial charge in [-0.3, -0.25) is 10.1 Å². The molecule has 4 rings (SSSR count). The van der Waals surface area contributed by atoms with E-state index < -0.39 is 21.6 Å². The fraction of sp³-hybridized carbons (Fsp3) is 0.0455. The molecular weight excluding hydrogens is 473 g/mol. The van der Waals surface area contributed by atoms with Gasteiger partial charge < -0.3 is 0 Å². The van der Waals surface area contributed by atoms with Crippen LogP contribution >= 0.6 is 22.9 Å². The van der Waals surface area contributed by atoms with Crippen molar-refractivity contribution in [1.82, 2.24) is 10.2 Å². The first-order chi connectivity index (χ1) is 15.3. The number of amides is 1. The maximum atomic E-state index is 13.3. The van der Waals surface area contributed by atoms with Gasteiger partial charge in [-0.05, 0) is 48.0 Å². The lowest BCUT2D eigenvalue weighted by Crippen LogP contribution is -2.11.